The van der Waals surface area contributed by atoms with Crippen molar-refractivity contribution in [2.45, 2.75) is 25.6 Å². The van der Waals surface area contributed by atoms with Crippen LogP contribution < -0.4 is 4.90 Å². The van der Waals surface area contributed by atoms with Gasteiger partial charge >= 0.3 is 6.09 Å². The number of aliphatic hydroxyl groups excluding tert-OH is 1. The van der Waals surface area contributed by atoms with Crippen molar-refractivity contribution in [3.63, 3.8) is 0 Å². The Hall–Kier alpha value is -2.40. The minimum Gasteiger partial charge on any atom is -0.444 e. The largest absolute Gasteiger partial charge is 0.444 e. The molecular formula is C18H18FNO3. The smallest absolute Gasteiger partial charge is 0.414 e. The lowest BCUT2D eigenvalue weighted by molar-refractivity contribution is 0.147. The standard InChI is InChI=1S/C18H18FNO3/c19-14-8-9-16-15(11-14)17(21)7-4-10-20(16)18(22)23-12-13-5-2-1-3-6-13/h1-3,5-6,8-9,11,17,21H,4,7,10,12H2. The maximum absolute atomic E-state index is 13.5. The third-order valence-electron chi connectivity index (χ3n) is 3.92. The highest BCUT2D eigenvalue weighted by Crippen LogP contribution is 2.33. The summed E-state index contributed by atoms with van der Waals surface area (Å²) < 4.78 is 18.8. The van der Waals surface area contributed by atoms with E-state index >= 15 is 0 Å². The SMILES string of the molecule is O=C(OCc1ccccc1)N1CCCC(O)c2cc(F)ccc21. The van der Waals surface area contributed by atoms with Gasteiger partial charge in [0, 0.05) is 12.1 Å². The minimum atomic E-state index is -0.771. The molecule has 120 valence electrons. The van der Waals surface area contributed by atoms with Crippen LogP contribution in [0.1, 0.15) is 30.1 Å². The summed E-state index contributed by atoms with van der Waals surface area (Å²) in [5, 5.41) is 10.1. The molecular weight excluding hydrogens is 297 g/mol. The molecule has 0 aromatic heterocycles. The highest BCUT2D eigenvalue weighted by molar-refractivity contribution is 5.89. The van der Waals surface area contributed by atoms with E-state index in [9.17, 15) is 14.3 Å². The van der Waals surface area contributed by atoms with E-state index < -0.39 is 18.0 Å². The molecule has 0 saturated heterocycles. The normalized spacial score (nSPS) is 17.3. The Labute approximate surface area is 134 Å². The molecule has 1 unspecified atom stereocenters. The van der Waals surface area contributed by atoms with Gasteiger partial charge in [-0.15, -0.1) is 0 Å². The molecule has 5 heteroatoms. The molecule has 1 N–H and O–H groups in total. The molecule has 0 fully saturated rings. The lowest BCUT2D eigenvalue weighted by Gasteiger charge is -2.22. The molecule has 1 amide bonds. The first-order chi connectivity index (χ1) is 11.1. The van der Waals surface area contributed by atoms with Crippen molar-refractivity contribution in [1.82, 2.24) is 0 Å². The fraction of sp³-hybridized carbons (Fsp3) is 0.278. The molecule has 1 heterocycles. The second kappa shape index (κ2) is 6.79. The summed E-state index contributed by atoms with van der Waals surface area (Å²) in [6.07, 6.45) is -0.153. The third-order valence-corrected chi connectivity index (χ3v) is 3.92. The van der Waals surface area contributed by atoms with E-state index in [2.05, 4.69) is 0 Å². The van der Waals surface area contributed by atoms with Crippen molar-refractivity contribution >= 4 is 11.8 Å². The van der Waals surface area contributed by atoms with Crippen LogP contribution in [0.4, 0.5) is 14.9 Å². The number of aliphatic hydroxyl groups is 1. The second-order valence-corrected chi connectivity index (χ2v) is 5.55. The second-order valence-electron chi connectivity index (χ2n) is 5.55. The molecule has 3 rings (SSSR count). The molecule has 2 aromatic rings. The zero-order valence-electron chi connectivity index (χ0n) is 12.6. The Morgan fingerprint density at radius 1 is 1.26 bits per heavy atom. The molecule has 0 aliphatic carbocycles. The number of nitrogens with zero attached hydrogens (tertiary/aromatic N) is 1. The van der Waals surface area contributed by atoms with Crippen molar-refractivity contribution in [2.75, 3.05) is 11.4 Å². The molecule has 0 saturated carbocycles. The van der Waals surface area contributed by atoms with Gasteiger partial charge in [-0.05, 0) is 36.6 Å². The number of carbonyl (C=O) groups is 1. The van der Waals surface area contributed by atoms with E-state index in [0.29, 0.717) is 30.6 Å². The number of ether oxygens (including phenoxy) is 1. The Kier molecular flexibility index (Phi) is 4.57. The highest BCUT2D eigenvalue weighted by Gasteiger charge is 2.26. The highest BCUT2D eigenvalue weighted by atomic mass is 19.1. The van der Waals surface area contributed by atoms with Gasteiger partial charge < -0.3 is 9.84 Å². The maximum Gasteiger partial charge on any atom is 0.414 e. The number of halogens is 1. The summed E-state index contributed by atoms with van der Waals surface area (Å²) in [7, 11) is 0. The first-order valence-electron chi connectivity index (χ1n) is 7.61. The first kappa shape index (κ1) is 15.5. The molecule has 1 aliphatic heterocycles. The van der Waals surface area contributed by atoms with Gasteiger partial charge in [0.05, 0.1) is 11.8 Å². The summed E-state index contributed by atoms with van der Waals surface area (Å²) in [5.74, 6) is -0.428. The van der Waals surface area contributed by atoms with Crippen LogP contribution in [0.5, 0.6) is 0 Å². The van der Waals surface area contributed by atoms with Crippen molar-refractivity contribution in [2.24, 2.45) is 0 Å². The Morgan fingerprint density at radius 3 is 2.83 bits per heavy atom. The number of carbonyl (C=O) groups excluding carboxylic acids is 1. The maximum atomic E-state index is 13.5. The molecule has 4 nitrogen and oxygen atoms in total. The molecule has 0 bridgehead atoms. The van der Waals surface area contributed by atoms with E-state index in [1.165, 1.54) is 23.1 Å². The Morgan fingerprint density at radius 2 is 2.04 bits per heavy atom. The zero-order valence-corrected chi connectivity index (χ0v) is 12.6. The van der Waals surface area contributed by atoms with Crippen molar-refractivity contribution in [1.29, 1.82) is 0 Å². The van der Waals surface area contributed by atoms with E-state index in [1.54, 1.807) is 0 Å². The minimum absolute atomic E-state index is 0.176. The van der Waals surface area contributed by atoms with Gasteiger partial charge in [-0.3, -0.25) is 4.90 Å². The van der Waals surface area contributed by atoms with Gasteiger partial charge in [-0.2, -0.15) is 0 Å². The topological polar surface area (TPSA) is 49.8 Å². The van der Waals surface area contributed by atoms with Crippen LogP contribution in [0, 0.1) is 5.82 Å². The molecule has 0 radical (unpaired) electrons. The van der Waals surface area contributed by atoms with Crippen LogP contribution in [0.25, 0.3) is 0 Å². The molecule has 1 atom stereocenters. The van der Waals surface area contributed by atoms with Crippen molar-refractivity contribution < 1.29 is 19.0 Å². The van der Waals surface area contributed by atoms with E-state index in [-0.39, 0.29) is 6.61 Å². The summed E-state index contributed by atoms with van der Waals surface area (Å²) in [6, 6.07) is 13.5. The Balaban J connectivity index is 1.79. The summed E-state index contributed by atoms with van der Waals surface area (Å²) >= 11 is 0. The van der Waals surface area contributed by atoms with Crippen molar-refractivity contribution in [3.8, 4) is 0 Å². The van der Waals surface area contributed by atoms with Crippen LogP contribution >= 0.6 is 0 Å². The van der Waals surface area contributed by atoms with Crippen LogP contribution in [0.15, 0.2) is 48.5 Å². The molecule has 23 heavy (non-hydrogen) atoms. The fourth-order valence-corrected chi connectivity index (χ4v) is 2.74. The van der Waals surface area contributed by atoms with Gasteiger partial charge in [-0.25, -0.2) is 9.18 Å². The van der Waals surface area contributed by atoms with E-state index in [0.717, 1.165) is 5.56 Å². The lowest BCUT2D eigenvalue weighted by atomic mass is 10.0. The monoisotopic (exact) mass is 315 g/mol. The summed E-state index contributed by atoms with van der Waals surface area (Å²) in [4.78, 5) is 13.9. The van der Waals surface area contributed by atoms with Crippen LogP contribution in [-0.2, 0) is 11.3 Å². The number of amides is 1. The summed E-state index contributed by atoms with van der Waals surface area (Å²) in [6.45, 7) is 0.610. The first-order valence-corrected chi connectivity index (χ1v) is 7.61. The number of hydrogen-bond acceptors (Lipinski definition) is 3. The van der Waals surface area contributed by atoms with Crippen LogP contribution in [0.2, 0.25) is 0 Å². The average Bonchev–Trinajstić information content (AvgIpc) is 2.73. The lowest BCUT2D eigenvalue weighted by Crippen LogP contribution is -2.32. The molecule has 0 spiro atoms. The van der Waals surface area contributed by atoms with Gasteiger partial charge in [0.2, 0.25) is 0 Å². The van der Waals surface area contributed by atoms with E-state index in [4.69, 9.17) is 4.74 Å². The Bertz CT molecular complexity index is 690. The number of rotatable bonds is 2. The number of fused-ring (bicyclic) bond motifs is 1. The van der Waals surface area contributed by atoms with E-state index in [1.807, 2.05) is 30.3 Å². The molecule has 2 aromatic carbocycles. The van der Waals surface area contributed by atoms with Gasteiger partial charge in [0.1, 0.15) is 12.4 Å². The van der Waals surface area contributed by atoms with Crippen LogP contribution in [-0.4, -0.2) is 17.7 Å². The van der Waals surface area contributed by atoms with Crippen LogP contribution in [0.3, 0.4) is 0 Å². The number of hydrogen-bond donors (Lipinski definition) is 1. The zero-order chi connectivity index (χ0) is 16.2. The van der Waals surface area contributed by atoms with Crippen molar-refractivity contribution in [3.05, 3.63) is 65.5 Å². The summed E-state index contributed by atoms with van der Waals surface area (Å²) in [5.41, 5.74) is 1.84. The third kappa shape index (κ3) is 3.51. The van der Waals surface area contributed by atoms with Gasteiger partial charge in [0.15, 0.2) is 0 Å². The predicted octanol–water partition coefficient (Wildman–Crippen LogP) is 3.80. The fourth-order valence-electron chi connectivity index (χ4n) is 2.74. The average molecular weight is 315 g/mol. The number of anilines is 1. The molecule has 1 aliphatic rings. The predicted molar refractivity (Wildman–Crippen MR) is 84.6 cm³/mol. The quantitative estimate of drug-likeness (QED) is 0.917. The van der Waals surface area contributed by atoms with Gasteiger partial charge in [0.25, 0.3) is 0 Å². The number of benzene rings is 2. The van der Waals surface area contributed by atoms with Gasteiger partial charge in [-0.1, -0.05) is 30.3 Å².